The Balaban J connectivity index is 3.10. The van der Waals surface area contributed by atoms with Crippen LogP contribution < -0.4 is 14.2 Å². The molecule has 0 unspecified atom stereocenters. The van der Waals surface area contributed by atoms with Crippen molar-refractivity contribution >= 4 is 16.0 Å². The molecule has 0 heterocycles. The highest BCUT2D eigenvalue weighted by Crippen LogP contribution is 2.28. The van der Waals surface area contributed by atoms with Gasteiger partial charge in [0, 0.05) is 12.6 Å². The quantitative estimate of drug-likeness (QED) is 0.780. The summed E-state index contributed by atoms with van der Waals surface area (Å²) in [6.07, 6.45) is 0. The molecule has 0 aliphatic heterocycles. The monoisotopic (exact) mass is 317 g/mol. The number of sulfonamides is 1. The molecule has 7 nitrogen and oxygen atoms in total. The summed E-state index contributed by atoms with van der Waals surface area (Å²) in [6.45, 7) is 2.62. The highest BCUT2D eigenvalue weighted by Gasteiger charge is 2.30. The van der Waals surface area contributed by atoms with Gasteiger partial charge in [-0.2, -0.15) is 0 Å². The fourth-order valence-electron chi connectivity index (χ4n) is 1.42. The second-order valence-corrected chi connectivity index (χ2v) is 6.77. The number of hydrogen-bond acceptors (Lipinski definition) is 5. The Morgan fingerprint density at radius 3 is 2.38 bits per heavy atom. The molecule has 0 amide bonds. The average Bonchev–Trinajstić information content (AvgIpc) is 2.44. The van der Waals surface area contributed by atoms with Gasteiger partial charge in [-0.15, -0.1) is 0 Å². The number of aliphatic carboxylic acids is 1. The molecule has 0 radical (unpaired) electrons. The Morgan fingerprint density at radius 1 is 1.29 bits per heavy atom. The van der Waals surface area contributed by atoms with E-state index in [1.165, 1.54) is 40.2 Å². The van der Waals surface area contributed by atoms with E-state index in [-0.39, 0.29) is 17.2 Å². The zero-order valence-corrected chi connectivity index (χ0v) is 13.2. The first kappa shape index (κ1) is 17.3. The summed E-state index contributed by atoms with van der Waals surface area (Å²) in [5.74, 6) is -0.590. The molecule has 1 aromatic carbocycles. The number of benzene rings is 1. The van der Waals surface area contributed by atoms with Crippen LogP contribution in [0.15, 0.2) is 23.1 Å². The molecule has 0 atom stereocenters. The van der Waals surface area contributed by atoms with Gasteiger partial charge in [-0.25, -0.2) is 13.1 Å². The van der Waals surface area contributed by atoms with Crippen molar-refractivity contribution < 1.29 is 27.8 Å². The fourth-order valence-corrected chi connectivity index (χ4v) is 2.82. The van der Waals surface area contributed by atoms with Crippen molar-refractivity contribution in [2.45, 2.75) is 18.7 Å². The second kappa shape index (κ2) is 6.31. The first-order chi connectivity index (χ1) is 9.64. The molecular weight excluding hydrogens is 298 g/mol. The van der Waals surface area contributed by atoms with Gasteiger partial charge < -0.3 is 14.6 Å². The van der Waals surface area contributed by atoms with Crippen LogP contribution in [0, 0.1) is 5.41 Å². The van der Waals surface area contributed by atoms with Crippen molar-refractivity contribution in [3.8, 4) is 11.5 Å². The lowest BCUT2D eigenvalue weighted by atomic mass is 9.95. The van der Waals surface area contributed by atoms with Gasteiger partial charge in [0.15, 0.2) is 0 Å². The molecule has 8 heteroatoms. The molecule has 0 fully saturated rings. The molecule has 0 bridgehead atoms. The molecular formula is C13H19NO6S. The molecule has 1 rings (SSSR count). The van der Waals surface area contributed by atoms with Crippen LogP contribution in [-0.4, -0.2) is 40.3 Å². The Labute approximate surface area is 123 Å². The van der Waals surface area contributed by atoms with Crippen LogP contribution in [0.5, 0.6) is 11.5 Å². The molecule has 0 saturated carbocycles. The minimum absolute atomic E-state index is 0.106. The zero-order chi connectivity index (χ0) is 16.3. The fraction of sp³-hybridized carbons (Fsp3) is 0.462. The van der Waals surface area contributed by atoms with E-state index in [1.807, 2.05) is 0 Å². The molecule has 2 N–H and O–H groups in total. The summed E-state index contributed by atoms with van der Waals surface area (Å²) in [4.78, 5) is 10.9. The minimum Gasteiger partial charge on any atom is -0.497 e. The standard InChI is InChI=1S/C13H19NO6S/c1-13(2,12(15)16)8-14-21(17,18)11-7-9(19-3)5-6-10(11)20-4/h5-7,14H,8H2,1-4H3,(H,15,16). The lowest BCUT2D eigenvalue weighted by Crippen LogP contribution is -2.38. The predicted molar refractivity (Wildman–Crippen MR) is 76.2 cm³/mol. The summed E-state index contributed by atoms with van der Waals surface area (Å²) < 4.78 is 36.9. The van der Waals surface area contributed by atoms with Crippen LogP contribution in [0.25, 0.3) is 0 Å². The van der Waals surface area contributed by atoms with Crippen molar-refractivity contribution in [1.29, 1.82) is 0 Å². The van der Waals surface area contributed by atoms with E-state index in [0.29, 0.717) is 5.75 Å². The normalized spacial score (nSPS) is 12.0. The highest BCUT2D eigenvalue weighted by molar-refractivity contribution is 7.89. The van der Waals surface area contributed by atoms with E-state index in [4.69, 9.17) is 14.6 Å². The molecule has 0 saturated heterocycles. The lowest BCUT2D eigenvalue weighted by Gasteiger charge is -2.20. The van der Waals surface area contributed by atoms with Crippen LogP contribution >= 0.6 is 0 Å². The molecule has 0 aromatic heterocycles. The van der Waals surface area contributed by atoms with Gasteiger partial charge in [0.25, 0.3) is 0 Å². The maximum atomic E-state index is 12.3. The van der Waals surface area contributed by atoms with E-state index < -0.39 is 21.4 Å². The van der Waals surface area contributed by atoms with Crippen LogP contribution in [0.4, 0.5) is 0 Å². The van der Waals surface area contributed by atoms with Crippen molar-refractivity contribution in [3.05, 3.63) is 18.2 Å². The smallest absolute Gasteiger partial charge is 0.310 e. The number of carboxylic acids is 1. The molecule has 118 valence electrons. The first-order valence-corrected chi connectivity index (χ1v) is 7.57. The Morgan fingerprint density at radius 2 is 1.90 bits per heavy atom. The number of carbonyl (C=O) groups is 1. The van der Waals surface area contributed by atoms with E-state index in [0.717, 1.165) is 0 Å². The third-order valence-corrected chi connectivity index (χ3v) is 4.37. The average molecular weight is 317 g/mol. The maximum absolute atomic E-state index is 12.3. The molecule has 0 aliphatic rings. The van der Waals surface area contributed by atoms with Crippen LogP contribution in [-0.2, 0) is 14.8 Å². The minimum atomic E-state index is -3.92. The predicted octanol–water partition coefficient (Wildman–Crippen LogP) is 1.09. The summed E-state index contributed by atoms with van der Waals surface area (Å²) in [6, 6.07) is 4.35. The van der Waals surface area contributed by atoms with Gasteiger partial charge >= 0.3 is 5.97 Å². The van der Waals surface area contributed by atoms with E-state index >= 15 is 0 Å². The van der Waals surface area contributed by atoms with Gasteiger partial charge in [-0.1, -0.05) is 0 Å². The van der Waals surface area contributed by atoms with Crippen molar-refractivity contribution in [2.24, 2.45) is 5.41 Å². The van der Waals surface area contributed by atoms with E-state index in [1.54, 1.807) is 6.07 Å². The summed E-state index contributed by atoms with van der Waals surface area (Å²) in [5, 5.41) is 9.01. The number of methoxy groups -OCH3 is 2. The Hall–Kier alpha value is -1.80. The van der Waals surface area contributed by atoms with Gasteiger partial charge in [0.1, 0.15) is 16.4 Å². The lowest BCUT2D eigenvalue weighted by molar-refractivity contribution is -0.146. The molecule has 1 aromatic rings. The third-order valence-electron chi connectivity index (χ3n) is 2.94. The van der Waals surface area contributed by atoms with Gasteiger partial charge in [-0.3, -0.25) is 4.79 Å². The first-order valence-electron chi connectivity index (χ1n) is 6.09. The van der Waals surface area contributed by atoms with Crippen LogP contribution in [0.2, 0.25) is 0 Å². The third kappa shape index (κ3) is 4.08. The van der Waals surface area contributed by atoms with E-state index in [9.17, 15) is 13.2 Å². The van der Waals surface area contributed by atoms with Crippen molar-refractivity contribution in [2.75, 3.05) is 20.8 Å². The molecule has 0 aliphatic carbocycles. The number of rotatable bonds is 7. The largest absolute Gasteiger partial charge is 0.497 e. The van der Waals surface area contributed by atoms with Gasteiger partial charge in [-0.05, 0) is 26.0 Å². The SMILES string of the molecule is COc1ccc(OC)c(S(=O)(=O)NCC(C)(C)C(=O)O)c1. The van der Waals surface area contributed by atoms with Crippen molar-refractivity contribution in [1.82, 2.24) is 4.72 Å². The number of hydrogen-bond donors (Lipinski definition) is 2. The Kier molecular flexibility index (Phi) is 5.19. The zero-order valence-electron chi connectivity index (χ0n) is 12.3. The molecule has 0 spiro atoms. The number of ether oxygens (including phenoxy) is 2. The van der Waals surface area contributed by atoms with Crippen molar-refractivity contribution in [3.63, 3.8) is 0 Å². The van der Waals surface area contributed by atoms with Crippen LogP contribution in [0.3, 0.4) is 0 Å². The summed E-state index contributed by atoms with van der Waals surface area (Å²) in [7, 11) is -1.16. The molecule has 21 heavy (non-hydrogen) atoms. The van der Waals surface area contributed by atoms with E-state index in [2.05, 4.69) is 4.72 Å². The highest BCUT2D eigenvalue weighted by atomic mass is 32.2. The topological polar surface area (TPSA) is 102 Å². The van der Waals surface area contributed by atoms with Crippen LogP contribution in [0.1, 0.15) is 13.8 Å². The van der Waals surface area contributed by atoms with Gasteiger partial charge in [0.2, 0.25) is 10.0 Å². The summed E-state index contributed by atoms with van der Waals surface area (Å²) >= 11 is 0. The maximum Gasteiger partial charge on any atom is 0.310 e. The number of carboxylic acid groups (broad SMARTS) is 1. The summed E-state index contributed by atoms with van der Waals surface area (Å²) in [5.41, 5.74) is -1.22. The Bertz CT molecular complexity index is 624. The van der Waals surface area contributed by atoms with Gasteiger partial charge in [0.05, 0.1) is 19.6 Å². The number of nitrogens with one attached hydrogen (secondary N) is 1. The second-order valence-electron chi connectivity index (χ2n) is 5.03.